The molecule has 2 heterocycles. The number of ether oxygens (including phenoxy) is 1. The van der Waals surface area contributed by atoms with Crippen LogP contribution in [-0.4, -0.2) is 64.3 Å². The van der Waals surface area contributed by atoms with Gasteiger partial charge in [0.05, 0.1) is 7.11 Å². The van der Waals surface area contributed by atoms with Gasteiger partial charge in [-0.25, -0.2) is 4.68 Å². The lowest BCUT2D eigenvalue weighted by Gasteiger charge is -2.36. The van der Waals surface area contributed by atoms with Gasteiger partial charge >= 0.3 is 0 Å². The standard InChI is InChI=1S/C14H18N6O2/c1-22-13-4-2-3-12(9-13)18-5-7-19(8-6-18)14(21)10-20-11-15-16-17-20/h2-4,9,11H,5-8,10H2,1H3. The second-order valence-corrected chi connectivity index (χ2v) is 5.08. The first-order chi connectivity index (χ1) is 10.8. The van der Waals surface area contributed by atoms with Gasteiger partial charge in [-0.1, -0.05) is 6.07 Å². The maximum atomic E-state index is 12.2. The van der Waals surface area contributed by atoms with Gasteiger partial charge in [0.1, 0.15) is 18.6 Å². The van der Waals surface area contributed by atoms with E-state index in [0.717, 1.165) is 24.5 Å². The topological polar surface area (TPSA) is 76.4 Å². The lowest BCUT2D eigenvalue weighted by atomic mass is 10.2. The van der Waals surface area contributed by atoms with E-state index in [4.69, 9.17) is 4.74 Å². The van der Waals surface area contributed by atoms with E-state index >= 15 is 0 Å². The number of anilines is 1. The van der Waals surface area contributed by atoms with Crippen molar-refractivity contribution < 1.29 is 9.53 Å². The molecule has 1 fully saturated rings. The highest BCUT2D eigenvalue weighted by atomic mass is 16.5. The van der Waals surface area contributed by atoms with Crippen molar-refractivity contribution in [1.82, 2.24) is 25.1 Å². The number of hydrogen-bond acceptors (Lipinski definition) is 6. The van der Waals surface area contributed by atoms with Crippen LogP contribution in [-0.2, 0) is 11.3 Å². The number of carbonyl (C=O) groups is 1. The summed E-state index contributed by atoms with van der Waals surface area (Å²) in [7, 11) is 1.66. The molecule has 3 rings (SSSR count). The minimum atomic E-state index is 0.0394. The van der Waals surface area contributed by atoms with E-state index in [0.29, 0.717) is 13.1 Å². The molecule has 1 aliphatic rings. The summed E-state index contributed by atoms with van der Waals surface area (Å²) in [4.78, 5) is 16.3. The zero-order chi connectivity index (χ0) is 15.4. The van der Waals surface area contributed by atoms with Crippen molar-refractivity contribution in [2.45, 2.75) is 6.54 Å². The smallest absolute Gasteiger partial charge is 0.244 e. The summed E-state index contributed by atoms with van der Waals surface area (Å²) in [6.45, 7) is 3.17. The zero-order valence-corrected chi connectivity index (χ0v) is 12.4. The summed E-state index contributed by atoms with van der Waals surface area (Å²) in [5.74, 6) is 0.882. The van der Waals surface area contributed by atoms with Crippen LogP contribution in [0.3, 0.4) is 0 Å². The van der Waals surface area contributed by atoms with Crippen LogP contribution >= 0.6 is 0 Å². The van der Waals surface area contributed by atoms with Gasteiger partial charge in [-0.05, 0) is 22.6 Å². The fraction of sp³-hybridized carbons (Fsp3) is 0.429. The van der Waals surface area contributed by atoms with Crippen molar-refractivity contribution in [3.05, 3.63) is 30.6 Å². The second-order valence-electron chi connectivity index (χ2n) is 5.08. The molecule has 116 valence electrons. The molecule has 0 saturated carbocycles. The molecule has 1 amide bonds. The molecule has 1 aliphatic heterocycles. The SMILES string of the molecule is COc1cccc(N2CCN(C(=O)Cn3cnnn3)CC2)c1. The summed E-state index contributed by atoms with van der Waals surface area (Å²) in [6, 6.07) is 7.97. The highest BCUT2D eigenvalue weighted by molar-refractivity contribution is 5.76. The fourth-order valence-corrected chi connectivity index (χ4v) is 2.51. The molecule has 2 aromatic rings. The number of benzene rings is 1. The zero-order valence-electron chi connectivity index (χ0n) is 12.4. The Labute approximate surface area is 128 Å². The molecule has 1 aromatic carbocycles. The quantitative estimate of drug-likeness (QED) is 0.793. The summed E-state index contributed by atoms with van der Waals surface area (Å²) < 4.78 is 6.69. The Balaban J connectivity index is 1.56. The summed E-state index contributed by atoms with van der Waals surface area (Å²) >= 11 is 0. The molecule has 1 saturated heterocycles. The van der Waals surface area contributed by atoms with Crippen molar-refractivity contribution in [2.75, 3.05) is 38.2 Å². The number of amides is 1. The van der Waals surface area contributed by atoms with Gasteiger partial charge < -0.3 is 14.5 Å². The molecule has 0 unspecified atom stereocenters. The molecule has 0 aliphatic carbocycles. The van der Waals surface area contributed by atoms with Crippen LogP contribution < -0.4 is 9.64 Å². The highest BCUT2D eigenvalue weighted by Crippen LogP contribution is 2.22. The lowest BCUT2D eigenvalue weighted by molar-refractivity contribution is -0.132. The Kier molecular flexibility index (Phi) is 4.17. The Morgan fingerprint density at radius 1 is 1.27 bits per heavy atom. The largest absolute Gasteiger partial charge is 0.497 e. The molecule has 8 nitrogen and oxygen atoms in total. The van der Waals surface area contributed by atoms with Crippen LogP contribution in [0.1, 0.15) is 0 Å². The van der Waals surface area contributed by atoms with E-state index in [1.165, 1.54) is 11.0 Å². The summed E-state index contributed by atoms with van der Waals surface area (Å²) in [5.41, 5.74) is 1.12. The van der Waals surface area contributed by atoms with E-state index in [2.05, 4.69) is 26.5 Å². The number of tetrazole rings is 1. The maximum absolute atomic E-state index is 12.2. The average Bonchev–Trinajstić information content (AvgIpc) is 3.08. The molecule has 8 heteroatoms. The Bertz CT molecular complexity index is 622. The van der Waals surface area contributed by atoms with Crippen molar-refractivity contribution in [2.24, 2.45) is 0 Å². The minimum absolute atomic E-state index is 0.0394. The van der Waals surface area contributed by atoms with Crippen molar-refractivity contribution in [3.63, 3.8) is 0 Å². The van der Waals surface area contributed by atoms with E-state index < -0.39 is 0 Å². The molecule has 0 atom stereocenters. The molecule has 1 aromatic heterocycles. The van der Waals surface area contributed by atoms with E-state index in [9.17, 15) is 4.79 Å². The normalized spacial score (nSPS) is 15.0. The van der Waals surface area contributed by atoms with Crippen LogP contribution in [0, 0.1) is 0 Å². The highest BCUT2D eigenvalue weighted by Gasteiger charge is 2.21. The van der Waals surface area contributed by atoms with Gasteiger partial charge in [0.25, 0.3) is 0 Å². The average molecular weight is 302 g/mol. The summed E-state index contributed by atoms with van der Waals surface area (Å²) in [5, 5.41) is 10.8. The fourth-order valence-electron chi connectivity index (χ4n) is 2.51. The maximum Gasteiger partial charge on any atom is 0.244 e. The third-order valence-corrected chi connectivity index (χ3v) is 3.74. The van der Waals surface area contributed by atoms with Crippen LogP contribution in [0.5, 0.6) is 5.75 Å². The van der Waals surface area contributed by atoms with Crippen LogP contribution in [0.2, 0.25) is 0 Å². The molecular formula is C14H18N6O2. The molecule has 0 radical (unpaired) electrons. The predicted molar refractivity (Wildman–Crippen MR) is 79.6 cm³/mol. The molecule has 0 N–H and O–H groups in total. The van der Waals surface area contributed by atoms with Crippen LogP contribution in [0.4, 0.5) is 5.69 Å². The van der Waals surface area contributed by atoms with Crippen molar-refractivity contribution >= 4 is 11.6 Å². The minimum Gasteiger partial charge on any atom is -0.497 e. The summed E-state index contributed by atoms with van der Waals surface area (Å²) in [6.07, 6.45) is 1.45. The number of nitrogens with zero attached hydrogens (tertiary/aromatic N) is 6. The molecule has 0 bridgehead atoms. The number of carbonyl (C=O) groups excluding carboxylic acids is 1. The molecule has 0 spiro atoms. The number of piperazine rings is 1. The second kappa shape index (κ2) is 6.42. The van der Waals surface area contributed by atoms with Crippen molar-refractivity contribution in [3.8, 4) is 5.75 Å². The Hall–Kier alpha value is -2.64. The van der Waals surface area contributed by atoms with E-state index in [1.54, 1.807) is 7.11 Å². The molecular weight excluding hydrogens is 284 g/mol. The number of hydrogen-bond donors (Lipinski definition) is 0. The van der Waals surface area contributed by atoms with Crippen LogP contribution in [0.15, 0.2) is 30.6 Å². The van der Waals surface area contributed by atoms with Gasteiger partial charge in [0.2, 0.25) is 5.91 Å². The number of aromatic nitrogens is 4. The van der Waals surface area contributed by atoms with E-state index in [-0.39, 0.29) is 12.5 Å². The Morgan fingerprint density at radius 3 is 2.77 bits per heavy atom. The third kappa shape index (κ3) is 3.16. The first kappa shape index (κ1) is 14.3. The van der Waals surface area contributed by atoms with Crippen molar-refractivity contribution in [1.29, 1.82) is 0 Å². The van der Waals surface area contributed by atoms with E-state index in [1.807, 2.05) is 23.1 Å². The van der Waals surface area contributed by atoms with Crippen LogP contribution in [0.25, 0.3) is 0 Å². The van der Waals surface area contributed by atoms with Gasteiger partial charge in [-0.3, -0.25) is 4.79 Å². The lowest BCUT2D eigenvalue weighted by Crippen LogP contribution is -2.49. The van der Waals surface area contributed by atoms with Gasteiger partial charge in [0.15, 0.2) is 0 Å². The van der Waals surface area contributed by atoms with Gasteiger partial charge in [0, 0.05) is 37.9 Å². The monoisotopic (exact) mass is 302 g/mol. The van der Waals surface area contributed by atoms with Gasteiger partial charge in [-0.15, -0.1) is 5.10 Å². The first-order valence-electron chi connectivity index (χ1n) is 7.14. The Morgan fingerprint density at radius 2 is 2.09 bits per heavy atom. The van der Waals surface area contributed by atoms with Gasteiger partial charge in [-0.2, -0.15) is 0 Å². The number of methoxy groups -OCH3 is 1. The predicted octanol–water partition coefficient (Wildman–Crippen LogP) is 0.0305. The number of rotatable bonds is 4. The molecule has 22 heavy (non-hydrogen) atoms. The first-order valence-corrected chi connectivity index (χ1v) is 7.14. The third-order valence-electron chi connectivity index (χ3n) is 3.74.